The van der Waals surface area contributed by atoms with Gasteiger partial charge in [-0.3, -0.25) is 4.79 Å². The van der Waals surface area contributed by atoms with Gasteiger partial charge in [0.05, 0.1) is 12.7 Å². The lowest BCUT2D eigenvalue weighted by molar-refractivity contribution is -0.129. The summed E-state index contributed by atoms with van der Waals surface area (Å²) in [6, 6.07) is 5.46. The zero-order valence-electron chi connectivity index (χ0n) is 12.0. The first kappa shape index (κ1) is 17.1. The van der Waals surface area contributed by atoms with Crippen LogP contribution in [-0.2, 0) is 24.3 Å². The van der Waals surface area contributed by atoms with Crippen molar-refractivity contribution in [3.05, 3.63) is 29.8 Å². The number of carbonyl (C=O) groups is 2. The number of amides is 1. The highest BCUT2D eigenvalue weighted by molar-refractivity contribution is 7.90. The van der Waals surface area contributed by atoms with Crippen LogP contribution in [0.15, 0.2) is 29.2 Å². The zero-order valence-corrected chi connectivity index (χ0v) is 12.8. The lowest BCUT2D eigenvalue weighted by Crippen LogP contribution is -2.39. The van der Waals surface area contributed by atoms with Crippen molar-refractivity contribution < 1.29 is 27.5 Å². The molecule has 0 aliphatic rings. The number of hydrogen-bond acceptors (Lipinski definition) is 6. The van der Waals surface area contributed by atoms with Crippen molar-refractivity contribution in [3.63, 3.8) is 0 Å². The summed E-state index contributed by atoms with van der Waals surface area (Å²) in [6.45, 7) is 1.68. The van der Waals surface area contributed by atoms with Gasteiger partial charge in [-0.1, -0.05) is 19.1 Å². The van der Waals surface area contributed by atoms with Gasteiger partial charge < -0.3 is 9.47 Å². The molecule has 21 heavy (non-hydrogen) atoms. The summed E-state index contributed by atoms with van der Waals surface area (Å²) in [4.78, 5) is 23.1. The van der Waals surface area contributed by atoms with E-state index in [-0.39, 0.29) is 10.5 Å². The molecule has 1 unspecified atom stereocenters. The molecular weight excluding hydrogens is 298 g/mol. The van der Waals surface area contributed by atoms with Crippen LogP contribution in [0.4, 0.5) is 0 Å². The minimum Gasteiger partial charge on any atom is -0.465 e. The number of ether oxygens (including phenoxy) is 2. The van der Waals surface area contributed by atoms with Crippen molar-refractivity contribution in [2.45, 2.75) is 24.3 Å². The van der Waals surface area contributed by atoms with E-state index >= 15 is 0 Å². The van der Waals surface area contributed by atoms with Crippen molar-refractivity contribution in [3.8, 4) is 0 Å². The second-order valence-corrected chi connectivity index (χ2v) is 5.74. The molecule has 0 saturated carbocycles. The quantitative estimate of drug-likeness (QED) is 0.776. The summed E-state index contributed by atoms with van der Waals surface area (Å²) >= 11 is 0. The fourth-order valence-electron chi connectivity index (χ4n) is 1.69. The molecule has 0 aliphatic carbocycles. The fraction of sp³-hybridized carbons (Fsp3) is 0.385. The minimum absolute atomic E-state index is 0.147. The number of carbonyl (C=O) groups excluding carboxylic acids is 2. The van der Waals surface area contributed by atoms with Crippen molar-refractivity contribution in [1.29, 1.82) is 0 Å². The van der Waals surface area contributed by atoms with E-state index in [0.717, 1.165) is 7.11 Å². The van der Waals surface area contributed by atoms with Gasteiger partial charge >= 0.3 is 5.97 Å². The van der Waals surface area contributed by atoms with Crippen LogP contribution in [0.25, 0.3) is 0 Å². The number of benzene rings is 1. The van der Waals surface area contributed by atoms with Crippen LogP contribution in [0.5, 0.6) is 0 Å². The summed E-state index contributed by atoms with van der Waals surface area (Å²) in [5.74, 6) is -1.60. The van der Waals surface area contributed by atoms with Crippen LogP contribution < -0.4 is 4.72 Å². The first-order chi connectivity index (χ1) is 9.87. The smallest absolute Gasteiger partial charge is 0.339 e. The Kier molecular flexibility index (Phi) is 5.86. The van der Waals surface area contributed by atoms with E-state index in [0.29, 0.717) is 6.42 Å². The number of sulfonamides is 1. The van der Waals surface area contributed by atoms with Gasteiger partial charge in [0.15, 0.2) is 0 Å². The molecule has 0 aromatic heterocycles. The first-order valence-electron chi connectivity index (χ1n) is 6.14. The highest BCUT2D eigenvalue weighted by Gasteiger charge is 2.27. The van der Waals surface area contributed by atoms with E-state index in [4.69, 9.17) is 4.74 Å². The van der Waals surface area contributed by atoms with Crippen LogP contribution in [0.3, 0.4) is 0 Å². The summed E-state index contributed by atoms with van der Waals surface area (Å²) < 4.78 is 35.7. The average Bonchev–Trinajstić information content (AvgIpc) is 2.47. The van der Waals surface area contributed by atoms with Gasteiger partial charge in [0.25, 0.3) is 15.9 Å². The third-order valence-corrected chi connectivity index (χ3v) is 4.17. The van der Waals surface area contributed by atoms with E-state index in [1.165, 1.54) is 31.4 Å². The molecule has 1 aromatic carbocycles. The molecule has 116 valence electrons. The molecule has 1 amide bonds. The number of nitrogens with one attached hydrogen (secondary N) is 1. The summed E-state index contributed by atoms with van der Waals surface area (Å²) in [5, 5.41) is 0. The van der Waals surface area contributed by atoms with Gasteiger partial charge in [-0.25, -0.2) is 17.9 Å². The van der Waals surface area contributed by atoms with E-state index in [1.807, 2.05) is 4.72 Å². The number of rotatable bonds is 6. The number of methoxy groups -OCH3 is 2. The lowest BCUT2D eigenvalue weighted by Gasteiger charge is -2.14. The summed E-state index contributed by atoms with van der Waals surface area (Å²) in [5.41, 5.74) is -0.147. The predicted octanol–water partition coefficient (Wildman–Crippen LogP) is 0.703. The van der Waals surface area contributed by atoms with Gasteiger partial charge in [0.2, 0.25) is 0 Å². The molecule has 1 atom stereocenters. The third kappa shape index (κ3) is 4.02. The Hall–Kier alpha value is -1.93. The van der Waals surface area contributed by atoms with Gasteiger partial charge in [-0.05, 0) is 18.6 Å². The highest BCUT2D eigenvalue weighted by atomic mass is 32.2. The SMILES string of the molecule is CCC(OC)C(=O)NS(=O)(=O)c1ccccc1C(=O)OC. The minimum atomic E-state index is -4.19. The molecule has 0 heterocycles. The topological polar surface area (TPSA) is 98.8 Å². The fourth-order valence-corrected chi connectivity index (χ4v) is 2.90. The Bertz CT molecular complexity index is 621. The van der Waals surface area contributed by atoms with Crippen LogP contribution in [-0.4, -0.2) is 40.6 Å². The largest absolute Gasteiger partial charge is 0.465 e. The van der Waals surface area contributed by atoms with E-state index < -0.39 is 28.0 Å². The number of hydrogen-bond donors (Lipinski definition) is 1. The van der Waals surface area contributed by atoms with Gasteiger partial charge in [-0.2, -0.15) is 0 Å². The van der Waals surface area contributed by atoms with Gasteiger partial charge in [0.1, 0.15) is 11.0 Å². The molecule has 1 N–H and O–H groups in total. The monoisotopic (exact) mass is 315 g/mol. The average molecular weight is 315 g/mol. The predicted molar refractivity (Wildman–Crippen MR) is 74.2 cm³/mol. The Morgan fingerprint density at radius 2 is 1.86 bits per heavy atom. The van der Waals surface area contributed by atoms with Crippen molar-refractivity contribution in [2.24, 2.45) is 0 Å². The van der Waals surface area contributed by atoms with Gasteiger partial charge in [-0.15, -0.1) is 0 Å². The lowest BCUT2D eigenvalue weighted by atomic mass is 10.2. The van der Waals surface area contributed by atoms with Gasteiger partial charge in [0, 0.05) is 7.11 Å². The second-order valence-electron chi connectivity index (χ2n) is 4.09. The Morgan fingerprint density at radius 1 is 1.24 bits per heavy atom. The zero-order chi connectivity index (χ0) is 16.0. The maximum absolute atomic E-state index is 12.2. The Morgan fingerprint density at radius 3 is 2.38 bits per heavy atom. The van der Waals surface area contributed by atoms with Crippen LogP contribution in [0.1, 0.15) is 23.7 Å². The first-order valence-corrected chi connectivity index (χ1v) is 7.62. The molecule has 7 nitrogen and oxygen atoms in total. The van der Waals surface area contributed by atoms with Crippen molar-refractivity contribution in [1.82, 2.24) is 4.72 Å². The normalized spacial score (nSPS) is 12.5. The Balaban J connectivity index is 3.15. The molecule has 0 spiro atoms. The van der Waals surface area contributed by atoms with E-state index in [2.05, 4.69) is 4.74 Å². The third-order valence-electron chi connectivity index (χ3n) is 2.76. The van der Waals surface area contributed by atoms with Crippen molar-refractivity contribution in [2.75, 3.05) is 14.2 Å². The molecular formula is C13H17NO6S. The maximum atomic E-state index is 12.2. The molecule has 0 radical (unpaired) electrons. The van der Waals surface area contributed by atoms with E-state index in [1.54, 1.807) is 6.92 Å². The molecule has 1 aromatic rings. The van der Waals surface area contributed by atoms with Crippen LogP contribution in [0.2, 0.25) is 0 Å². The standard InChI is InChI=1S/C13H17NO6S/c1-4-10(19-2)12(15)14-21(17,18)11-8-6-5-7-9(11)13(16)20-3/h5-8,10H,4H2,1-3H3,(H,14,15). The maximum Gasteiger partial charge on any atom is 0.339 e. The second kappa shape index (κ2) is 7.19. The van der Waals surface area contributed by atoms with Crippen molar-refractivity contribution >= 4 is 21.9 Å². The Labute approximate surface area is 123 Å². The molecule has 0 aliphatic heterocycles. The molecule has 0 bridgehead atoms. The molecule has 8 heteroatoms. The molecule has 1 rings (SSSR count). The molecule has 0 fully saturated rings. The van der Waals surface area contributed by atoms with Crippen LogP contribution >= 0.6 is 0 Å². The van der Waals surface area contributed by atoms with Crippen LogP contribution in [0, 0.1) is 0 Å². The number of esters is 1. The molecule has 0 saturated heterocycles. The summed E-state index contributed by atoms with van der Waals surface area (Å²) in [6.07, 6.45) is -0.568. The highest BCUT2D eigenvalue weighted by Crippen LogP contribution is 2.16. The summed E-state index contributed by atoms with van der Waals surface area (Å²) in [7, 11) is -1.74. The van der Waals surface area contributed by atoms with E-state index in [9.17, 15) is 18.0 Å².